The van der Waals surface area contributed by atoms with Crippen molar-refractivity contribution in [3.8, 4) is 28.3 Å². The second kappa shape index (κ2) is 11.9. The normalized spacial score (nSPS) is 14.2. The third-order valence-corrected chi connectivity index (χ3v) is 8.65. The third kappa shape index (κ3) is 5.90. The van der Waals surface area contributed by atoms with E-state index >= 15 is 0 Å². The number of aromatic amines is 2. The van der Waals surface area contributed by atoms with Gasteiger partial charge in [-0.05, 0) is 54.3 Å². The van der Waals surface area contributed by atoms with Crippen LogP contribution in [0.3, 0.4) is 0 Å². The summed E-state index contributed by atoms with van der Waals surface area (Å²) in [6, 6.07) is 30.6. The Balaban J connectivity index is 1.10. The third-order valence-electron chi connectivity index (χ3n) is 8.65. The minimum Gasteiger partial charge on any atom is -0.508 e. The maximum atomic E-state index is 13.1. The lowest BCUT2D eigenvalue weighted by molar-refractivity contribution is 0.180. The molecule has 0 unspecified atom stereocenters. The van der Waals surface area contributed by atoms with Crippen molar-refractivity contribution in [1.82, 2.24) is 24.4 Å². The van der Waals surface area contributed by atoms with Crippen LogP contribution >= 0.6 is 0 Å². The number of benzene rings is 4. The first-order valence-corrected chi connectivity index (χ1v) is 15.2. The summed E-state index contributed by atoms with van der Waals surface area (Å²) >= 11 is 0. The highest BCUT2D eigenvalue weighted by atomic mass is 16.3. The van der Waals surface area contributed by atoms with Gasteiger partial charge >= 0.3 is 5.69 Å². The topological polar surface area (TPSA) is 133 Å². The van der Waals surface area contributed by atoms with E-state index in [1.165, 1.54) is 5.56 Å². The molecule has 0 amide bonds. The number of likely N-dealkylation sites (tertiary alicyclic amines) is 1. The predicted molar refractivity (Wildman–Crippen MR) is 177 cm³/mol. The molecule has 1 fully saturated rings. The van der Waals surface area contributed by atoms with Gasteiger partial charge in [-0.15, -0.1) is 0 Å². The molecule has 7 rings (SSSR count). The van der Waals surface area contributed by atoms with Crippen molar-refractivity contribution in [2.24, 2.45) is 0 Å². The van der Waals surface area contributed by atoms with Gasteiger partial charge in [-0.2, -0.15) is 0 Å². The molecule has 4 aromatic carbocycles. The van der Waals surface area contributed by atoms with Gasteiger partial charge in [0.15, 0.2) is 0 Å². The first-order chi connectivity index (χ1) is 21.9. The zero-order chi connectivity index (χ0) is 30.9. The highest BCUT2D eigenvalue weighted by Crippen LogP contribution is 2.30. The van der Waals surface area contributed by atoms with E-state index in [-0.39, 0.29) is 23.0 Å². The average Bonchev–Trinajstić information content (AvgIpc) is 3.38. The Morgan fingerprint density at radius 2 is 1.53 bits per heavy atom. The molecule has 0 spiro atoms. The number of rotatable bonds is 7. The van der Waals surface area contributed by atoms with Crippen LogP contribution in [0.1, 0.15) is 35.7 Å². The van der Waals surface area contributed by atoms with Gasteiger partial charge in [0.2, 0.25) is 0 Å². The number of nitrogens with one attached hydrogen (secondary N) is 2. The Morgan fingerprint density at radius 3 is 2.27 bits per heavy atom. The standard InChI is InChI=1S/C36H34N6O3/c37-27-12-15-30-32(21-27)42(36(45)39-30)28-16-18-41(19-17-28)22-24-6-10-26(11-7-24)33-34(25-4-2-1-3-5-25)40-35(44)31(38-33)20-23-8-13-29(43)14-9-23/h1-15,21,28,43H,16-20,22,37H2,(H,39,45)(H,40,44). The lowest BCUT2D eigenvalue weighted by atomic mass is 10.0. The van der Waals surface area contributed by atoms with Crippen LogP contribution < -0.4 is 17.0 Å². The maximum Gasteiger partial charge on any atom is 0.326 e. The van der Waals surface area contributed by atoms with Crippen LogP contribution in [0.4, 0.5) is 5.69 Å². The minimum absolute atomic E-state index is 0.0819. The molecule has 1 saturated heterocycles. The Morgan fingerprint density at radius 1 is 0.822 bits per heavy atom. The number of nitrogen functional groups attached to an aromatic ring is 1. The molecule has 3 heterocycles. The first-order valence-electron chi connectivity index (χ1n) is 15.2. The van der Waals surface area contributed by atoms with Crippen molar-refractivity contribution < 1.29 is 5.11 Å². The number of aromatic hydroxyl groups is 1. The smallest absolute Gasteiger partial charge is 0.326 e. The Kier molecular flexibility index (Phi) is 7.52. The molecule has 45 heavy (non-hydrogen) atoms. The number of piperidine rings is 1. The summed E-state index contributed by atoms with van der Waals surface area (Å²) in [6.07, 6.45) is 2.11. The zero-order valence-corrected chi connectivity index (χ0v) is 24.7. The number of anilines is 1. The number of phenols is 1. The van der Waals surface area contributed by atoms with Crippen LogP contribution in [0.5, 0.6) is 5.75 Å². The van der Waals surface area contributed by atoms with Gasteiger partial charge in [-0.1, -0.05) is 66.7 Å². The molecule has 6 aromatic rings. The summed E-state index contributed by atoms with van der Waals surface area (Å²) in [5.74, 6) is 0.181. The lowest BCUT2D eigenvalue weighted by Crippen LogP contribution is -2.36. The summed E-state index contributed by atoms with van der Waals surface area (Å²) in [5.41, 5.74) is 13.7. The van der Waals surface area contributed by atoms with E-state index in [9.17, 15) is 14.7 Å². The molecule has 9 heteroatoms. The van der Waals surface area contributed by atoms with Crippen molar-refractivity contribution in [3.05, 3.63) is 135 Å². The van der Waals surface area contributed by atoms with Gasteiger partial charge in [0.05, 0.1) is 22.4 Å². The number of nitrogens with zero attached hydrogens (tertiary/aromatic N) is 3. The molecule has 1 aliphatic heterocycles. The lowest BCUT2D eigenvalue weighted by Gasteiger charge is -2.32. The average molecular weight is 599 g/mol. The molecule has 1 aliphatic rings. The monoisotopic (exact) mass is 598 g/mol. The summed E-state index contributed by atoms with van der Waals surface area (Å²) in [5, 5.41) is 9.66. The highest BCUT2D eigenvalue weighted by Gasteiger charge is 2.24. The molecule has 5 N–H and O–H groups in total. The Labute approximate surface area is 259 Å². The van der Waals surface area contributed by atoms with Crippen LogP contribution in [-0.4, -0.2) is 42.6 Å². The second-order valence-electron chi connectivity index (χ2n) is 11.7. The van der Waals surface area contributed by atoms with Gasteiger partial charge < -0.3 is 20.8 Å². The molecule has 0 bridgehead atoms. The molecule has 0 atom stereocenters. The molecule has 2 aromatic heterocycles. The number of nitrogens with two attached hydrogens (primary N) is 1. The van der Waals surface area contributed by atoms with Crippen LogP contribution in [0.2, 0.25) is 0 Å². The van der Waals surface area contributed by atoms with E-state index in [4.69, 9.17) is 10.7 Å². The quantitative estimate of drug-likeness (QED) is 0.180. The largest absolute Gasteiger partial charge is 0.508 e. The maximum absolute atomic E-state index is 13.1. The van der Waals surface area contributed by atoms with Crippen molar-refractivity contribution in [1.29, 1.82) is 0 Å². The molecule has 9 nitrogen and oxygen atoms in total. The van der Waals surface area contributed by atoms with Crippen LogP contribution in [0, 0.1) is 0 Å². The number of imidazole rings is 1. The SMILES string of the molecule is Nc1ccc2[nH]c(=O)n(C3CCN(Cc4ccc(-c5nc(Cc6ccc(O)cc6)c(=O)[nH]c5-c5ccccc5)cc4)CC3)c2c1. The van der Waals surface area contributed by atoms with E-state index in [0.717, 1.165) is 60.2 Å². The van der Waals surface area contributed by atoms with Crippen LogP contribution in [0.15, 0.2) is 107 Å². The van der Waals surface area contributed by atoms with Crippen molar-refractivity contribution >= 4 is 16.7 Å². The van der Waals surface area contributed by atoms with Crippen LogP contribution in [-0.2, 0) is 13.0 Å². The van der Waals surface area contributed by atoms with E-state index in [1.807, 2.05) is 53.1 Å². The zero-order valence-electron chi connectivity index (χ0n) is 24.7. The molecule has 0 aliphatic carbocycles. The summed E-state index contributed by atoms with van der Waals surface area (Å²) in [4.78, 5) is 39.3. The van der Waals surface area contributed by atoms with E-state index in [0.29, 0.717) is 29.2 Å². The number of hydrogen-bond acceptors (Lipinski definition) is 6. The van der Waals surface area contributed by atoms with Crippen molar-refractivity contribution in [3.63, 3.8) is 0 Å². The second-order valence-corrected chi connectivity index (χ2v) is 11.7. The fourth-order valence-electron chi connectivity index (χ4n) is 6.30. The molecule has 0 radical (unpaired) electrons. The predicted octanol–water partition coefficient (Wildman–Crippen LogP) is 5.46. The molecule has 226 valence electrons. The first kappa shape index (κ1) is 28.4. The Bertz CT molecular complexity index is 2070. The highest BCUT2D eigenvalue weighted by molar-refractivity contribution is 5.79. The van der Waals surface area contributed by atoms with Gasteiger partial charge in [0.1, 0.15) is 11.4 Å². The fourth-order valence-corrected chi connectivity index (χ4v) is 6.30. The van der Waals surface area contributed by atoms with Crippen molar-refractivity contribution in [2.45, 2.75) is 31.8 Å². The molecular weight excluding hydrogens is 564 g/mol. The summed E-state index contributed by atoms with van der Waals surface area (Å²) in [7, 11) is 0. The number of phenolic OH excluding ortho intramolecular Hbond substituents is 1. The Hall–Kier alpha value is -5.41. The minimum atomic E-state index is -0.232. The van der Waals surface area contributed by atoms with Gasteiger partial charge in [0.25, 0.3) is 5.56 Å². The van der Waals surface area contributed by atoms with E-state index < -0.39 is 0 Å². The van der Waals surface area contributed by atoms with Crippen molar-refractivity contribution in [2.75, 3.05) is 18.8 Å². The van der Waals surface area contributed by atoms with Crippen LogP contribution in [0.25, 0.3) is 33.5 Å². The summed E-state index contributed by atoms with van der Waals surface area (Å²) in [6.45, 7) is 2.57. The van der Waals surface area contributed by atoms with Gasteiger partial charge in [-0.3, -0.25) is 14.3 Å². The van der Waals surface area contributed by atoms with E-state index in [2.05, 4.69) is 39.1 Å². The van der Waals surface area contributed by atoms with E-state index in [1.54, 1.807) is 24.3 Å². The number of aromatic nitrogens is 4. The number of H-pyrrole nitrogens is 2. The van der Waals surface area contributed by atoms with Gasteiger partial charge in [0, 0.05) is 48.9 Å². The molecule has 0 saturated carbocycles. The fraction of sp³-hybridized carbons (Fsp3) is 0.194. The molecular formula is C36H34N6O3. The van der Waals surface area contributed by atoms with Gasteiger partial charge in [-0.25, -0.2) is 9.78 Å². The number of fused-ring (bicyclic) bond motifs is 1. The summed E-state index contributed by atoms with van der Waals surface area (Å²) < 4.78 is 1.87. The number of hydrogen-bond donors (Lipinski definition) is 4.